The van der Waals surface area contributed by atoms with Gasteiger partial charge in [0.15, 0.2) is 0 Å². The number of piperazine rings is 1. The van der Waals surface area contributed by atoms with Crippen molar-refractivity contribution in [3.63, 3.8) is 0 Å². The van der Waals surface area contributed by atoms with Gasteiger partial charge in [-0.1, -0.05) is 28.1 Å². The van der Waals surface area contributed by atoms with E-state index in [1.807, 2.05) is 12.3 Å². The summed E-state index contributed by atoms with van der Waals surface area (Å²) in [6.07, 6.45) is 1.87. The lowest BCUT2D eigenvalue weighted by molar-refractivity contribution is 0.247. The van der Waals surface area contributed by atoms with Crippen LogP contribution in [0.1, 0.15) is 5.69 Å². The minimum Gasteiger partial charge on any atom is -0.369 e. The van der Waals surface area contributed by atoms with Gasteiger partial charge in [0.05, 0.1) is 5.69 Å². The van der Waals surface area contributed by atoms with Crippen molar-refractivity contribution in [1.82, 2.24) is 9.88 Å². The second-order valence-corrected chi connectivity index (χ2v) is 5.98. The summed E-state index contributed by atoms with van der Waals surface area (Å²) >= 11 is 3.54. The summed E-state index contributed by atoms with van der Waals surface area (Å²) in [4.78, 5) is 9.31. The molecular formula is C16H18BrN3. The molecular weight excluding hydrogens is 314 g/mol. The first-order valence-electron chi connectivity index (χ1n) is 6.94. The fourth-order valence-electron chi connectivity index (χ4n) is 2.56. The lowest BCUT2D eigenvalue weighted by Gasteiger charge is -2.36. The SMILES string of the molecule is Brc1cccc(N2CCN(Cc3ccccn3)CC2)c1. The molecule has 1 aliphatic rings. The minimum atomic E-state index is 0.952. The van der Waals surface area contributed by atoms with E-state index in [1.165, 1.54) is 5.69 Å². The number of pyridine rings is 1. The van der Waals surface area contributed by atoms with Crippen LogP contribution in [0.2, 0.25) is 0 Å². The highest BCUT2D eigenvalue weighted by Crippen LogP contribution is 2.21. The molecule has 104 valence electrons. The van der Waals surface area contributed by atoms with Gasteiger partial charge in [0, 0.05) is 49.1 Å². The number of nitrogens with zero attached hydrogens (tertiary/aromatic N) is 3. The largest absolute Gasteiger partial charge is 0.369 e. The summed E-state index contributed by atoms with van der Waals surface area (Å²) in [5.41, 5.74) is 2.46. The molecule has 1 fully saturated rings. The molecule has 2 aromatic rings. The van der Waals surface area contributed by atoms with Gasteiger partial charge >= 0.3 is 0 Å². The van der Waals surface area contributed by atoms with E-state index in [-0.39, 0.29) is 0 Å². The van der Waals surface area contributed by atoms with Crippen molar-refractivity contribution < 1.29 is 0 Å². The maximum Gasteiger partial charge on any atom is 0.0543 e. The molecule has 0 amide bonds. The van der Waals surface area contributed by atoms with E-state index in [0.717, 1.165) is 42.9 Å². The third kappa shape index (κ3) is 3.38. The Bertz CT molecular complexity index is 551. The zero-order chi connectivity index (χ0) is 13.8. The molecule has 0 radical (unpaired) electrons. The molecule has 0 saturated carbocycles. The minimum absolute atomic E-state index is 0.952. The summed E-state index contributed by atoms with van der Waals surface area (Å²) < 4.78 is 1.14. The molecule has 4 heteroatoms. The number of hydrogen-bond acceptors (Lipinski definition) is 3. The fourth-order valence-corrected chi connectivity index (χ4v) is 2.94. The zero-order valence-electron chi connectivity index (χ0n) is 11.4. The third-order valence-electron chi connectivity index (χ3n) is 3.66. The second-order valence-electron chi connectivity index (χ2n) is 5.06. The molecule has 2 heterocycles. The van der Waals surface area contributed by atoms with Gasteiger partial charge in [-0.05, 0) is 30.3 Å². The molecule has 1 saturated heterocycles. The average Bonchev–Trinajstić information content (AvgIpc) is 2.49. The van der Waals surface area contributed by atoms with Gasteiger partial charge in [-0.2, -0.15) is 0 Å². The van der Waals surface area contributed by atoms with Crippen molar-refractivity contribution in [3.8, 4) is 0 Å². The lowest BCUT2D eigenvalue weighted by atomic mass is 10.2. The van der Waals surface area contributed by atoms with Crippen LogP contribution in [0.25, 0.3) is 0 Å². The van der Waals surface area contributed by atoms with Crippen LogP contribution < -0.4 is 4.90 Å². The quantitative estimate of drug-likeness (QED) is 0.861. The van der Waals surface area contributed by atoms with Crippen molar-refractivity contribution in [2.24, 2.45) is 0 Å². The molecule has 1 aliphatic heterocycles. The predicted octanol–water partition coefficient (Wildman–Crippen LogP) is 3.17. The third-order valence-corrected chi connectivity index (χ3v) is 4.15. The fraction of sp³-hybridized carbons (Fsp3) is 0.312. The Labute approximate surface area is 128 Å². The Balaban J connectivity index is 1.57. The zero-order valence-corrected chi connectivity index (χ0v) is 13.0. The van der Waals surface area contributed by atoms with Crippen LogP contribution in [0.5, 0.6) is 0 Å². The highest BCUT2D eigenvalue weighted by molar-refractivity contribution is 9.10. The number of rotatable bonds is 3. The van der Waals surface area contributed by atoms with E-state index in [1.54, 1.807) is 0 Å². The Kier molecular flexibility index (Phi) is 4.33. The molecule has 0 atom stereocenters. The summed E-state index contributed by atoms with van der Waals surface area (Å²) in [5.74, 6) is 0. The highest BCUT2D eigenvalue weighted by atomic mass is 79.9. The average molecular weight is 332 g/mol. The molecule has 0 bridgehead atoms. The van der Waals surface area contributed by atoms with E-state index < -0.39 is 0 Å². The monoisotopic (exact) mass is 331 g/mol. The number of hydrogen-bond donors (Lipinski definition) is 0. The van der Waals surface area contributed by atoms with Crippen molar-refractivity contribution in [1.29, 1.82) is 0 Å². The van der Waals surface area contributed by atoms with Gasteiger partial charge in [-0.3, -0.25) is 9.88 Å². The molecule has 0 unspecified atom stereocenters. The van der Waals surface area contributed by atoms with Crippen LogP contribution in [0.3, 0.4) is 0 Å². The van der Waals surface area contributed by atoms with E-state index in [0.29, 0.717) is 0 Å². The van der Waals surface area contributed by atoms with Crippen LogP contribution >= 0.6 is 15.9 Å². The first-order chi connectivity index (χ1) is 9.81. The van der Waals surface area contributed by atoms with Crippen LogP contribution in [0.15, 0.2) is 53.1 Å². The Morgan fingerprint density at radius 2 is 1.85 bits per heavy atom. The molecule has 0 N–H and O–H groups in total. The van der Waals surface area contributed by atoms with E-state index >= 15 is 0 Å². The molecule has 0 aliphatic carbocycles. The van der Waals surface area contributed by atoms with Crippen LogP contribution in [-0.4, -0.2) is 36.1 Å². The number of halogens is 1. The van der Waals surface area contributed by atoms with Crippen molar-refractivity contribution in [3.05, 3.63) is 58.8 Å². The Hall–Kier alpha value is -1.39. The number of benzene rings is 1. The molecule has 20 heavy (non-hydrogen) atoms. The van der Waals surface area contributed by atoms with Gasteiger partial charge < -0.3 is 4.90 Å². The van der Waals surface area contributed by atoms with Crippen LogP contribution in [0, 0.1) is 0 Å². The van der Waals surface area contributed by atoms with Crippen molar-refractivity contribution >= 4 is 21.6 Å². The summed E-state index contributed by atoms with van der Waals surface area (Å²) in [6, 6.07) is 14.7. The molecule has 1 aromatic heterocycles. The maximum absolute atomic E-state index is 4.40. The molecule has 3 rings (SSSR count). The second kappa shape index (κ2) is 6.37. The highest BCUT2D eigenvalue weighted by Gasteiger charge is 2.17. The van der Waals surface area contributed by atoms with Gasteiger partial charge in [0.1, 0.15) is 0 Å². The maximum atomic E-state index is 4.40. The van der Waals surface area contributed by atoms with Crippen molar-refractivity contribution in [2.45, 2.75) is 6.54 Å². The summed E-state index contributed by atoms with van der Waals surface area (Å²) in [6.45, 7) is 5.27. The molecule has 3 nitrogen and oxygen atoms in total. The van der Waals surface area contributed by atoms with Crippen LogP contribution in [0.4, 0.5) is 5.69 Å². The van der Waals surface area contributed by atoms with Gasteiger partial charge in [-0.15, -0.1) is 0 Å². The lowest BCUT2D eigenvalue weighted by Crippen LogP contribution is -2.46. The molecule has 1 aromatic carbocycles. The van der Waals surface area contributed by atoms with Gasteiger partial charge in [0.25, 0.3) is 0 Å². The Morgan fingerprint density at radius 1 is 1.00 bits per heavy atom. The summed E-state index contributed by atoms with van der Waals surface area (Å²) in [5, 5.41) is 0. The first kappa shape index (κ1) is 13.6. The van der Waals surface area contributed by atoms with E-state index in [2.05, 4.69) is 67.1 Å². The first-order valence-corrected chi connectivity index (χ1v) is 7.73. The number of aromatic nitrogens is 1. The summed E-state index contributed by atoms with van der Waals surface area (Å²) in [7, 11) is 0. The van der Waals surface area contributed by atoms with Gasteiger partial charge in [0.2, 0.25) is 0 Å². The van der Waals surface area contributed by atoms with Crippen LogP contribution in [-0.2, 0) is 6.54 Å². The van der Waals surface area contributed by atoms with E-state index in [9.17, 15) is 0 Å². The normalized spacial score (nSPS) is 16.4. The molecule has 0 spiro atoms. The standard InChI is InChI=1S/C16H18BrN3/c17-14-4-3-6-16(12-14)20-10-8-19(9-11-20)13-15-5-1-2-7-18-15/h1-7,12H,8-11,13H2. The topological polar surface area (TPSA) is 19.4 Å². The van der Waals surface area contributed by atoms with Crippen molar-refractivity contribution in [2.75, 3.05) is 31.1 Å². The number of anilines is 1. The smallest absolute Gasteiger partial charge is 0.0543 e. The van der Waals surface area contributed by atoms with E-state index in [4.69, 9.17) is 0 Å². The van der Waals surface area contributed by atoms with Gasteiger partial charge in [-0.25, -0.2) is 0 Å². The predicted molar refractivity (Wildman–Crippen MR) is 85.9 cm³/mol. The Morgan fingerprint density at radius 3 is 2.55 bits per heavy atom.